The van der Waals surface area contributed by atoms with Crippen molar-refractivity contribution in [1.82, 2.24) is 4.98 Å². The number of halogens is 3. The van der Waals surface area contributed by atoms with Crippen molar-refractivity contribution >= 4 is 5.97 Å². The van der Waals surface area contributed by atoms with Crippen LogP contribution in [0.25, 0.3) is 0 Å². The quantitative estimate of drug-likeness (QED) is 0.406. The van der Waals surface area contributed by atoms with Crippen LogP contribution >= 0.6 is 0 Å². The summed E-state index contributed by atoms with van der Waals surface area (Å²) in [4.78, 5) is 13.6. The van der Waals surface area contributed by atoms with E-state index in [1.165, 1.54) is 0 Å². The Labute approximate surface area is 82.9 Å². The number of terminal acetylenes is 1. The Kier molecular flexibility index (Phi) is 2.95. The van der Waals surface area contributed by atoms with Gasteiger partial charge in [-0.25, -0.2) is 9.78 Å². The summed E-state index contributed by atoms with van der Waals surface area (Å²) in [6.45, 7) is 0. The van der Waals surface area contributed by atoms with Gasteiger partial charge in [0.25, 0.3) is 0 Å². The molecule has 3 nitrogen and oxygen atoms in total. The molecule has 0 aromatic carbocycles. The zero-order chi connectivity index (χ0) is 11.5. The van der Waals surface area contributed by atoms with Crippen molar-refractivity contribution in [3.8, 4) is 18.1 Å². The van der Waals surface area contributed by atoms with Gasteiger partial charge in [0.15, 0.2) is 0 Å². The summed E-state index contributed by atoms with van der Waals surface area (Å²) < 4.78 is 40.6. The number of esters is 1. The largest absolute Gasteiger partial charge is 0.433 e. The normalized spacial score (nSPS) is 10.5. The molecule has 0 spiro atoms. The lowest BCUT2D eigenvalue weighted by molar-refractivity contribution is -0.141. The highest BCUT2D eigenvalue weighted by Gasteiger charge is 2.32. The average molecular weight is 215 g/mol. The summed E-state index contributed by atoms with van der Waals surface area (Å²) in [6.07, 6.45) is 0.951. The fourth-order valence-electron chi connectivity index (χ4n) is 0.745. The molecule has 78 valence electrons. The Morgan fingerprint density at radius 2 is 2.13 bits per heavy atom. The van der Waals surface area contributed by atoms with Crippen LogP contribution in [0.5, 0.6) is 5.75 Å². The third-order valence-electron chi connectivity index (χ3n) is 1.36. The smallest absolute Gasteiger partial charge is 0.415 e. The third-order valence-corrected chi connectivity index (χ3v) is 1.36. The molecule has 0 atom stereocenters. The molecule has 0 radical (unpaired) electrons. The Balaban J connectivity index is 2.83. The van der Waals surface area contributed by atoms with Crippen molar-refractivity contribution in [2.24, 2.45) is 0 Å². The second-order valence-electron chi connectivity index (χ2n) is 2.41. The molecular formula is C9H4F3NO2. The monoisotopic (exact) mass is 215 g/mol. The van der Waals surface area contributed by atoms with E-state index in [0.717, 1.165) is 12.3 Å². The molecule has 1 heterocycles. The lowest BCUT2D eigenvalue weighted by Gasteiger charge is -2.05. The molecule has 15 heavy (non-hydrogen) atoms. The van der Waals surface area contributed by atoms with Crippen molar-refractivity contribution in [3.63, 3.8) is 0 Å². The topological polar surface area (TPSA) is 39.2 Å². The molecule has 1 aromatic rings. The predicted octanol–water partition coefficient (Wildman–Crippen LogP) is 1.64. The Bertz CT molecular complexity index is 403. The van der Waals surface area contributed by atoms with E-state index < -0.39 is 17.8 Å². The molecule has 0 saturated heterocycles. The van der Waals surface area contributed by atoms with Crippen LogP contribution in [0.15, 0.2) is 18.3 Å². The first-order chi connectivity index (χ1) is 6.93. The number of ether oxygens (including phenoxy) is 1. The van der Waals surface area contributed by atoms with Crippen LogP contribution in [0.4, 0.5) is 13.2 Å². The van der Waals surface area contributed by atoms with Crippen LogP contribution in [-0.2, 0) is 11.0 Å². The summed E-state index contributed by atoms with van der Waals surface area (Å²) in [5.74, 6) is 0.524. The minimum Gasteiger partial charge on any atom is -0.415 e. The highest BCUT2D eigenvalue weighted by Crippen LogP contribution is 2.28. The molecule has 0 aliphatic heterocycles. The van der Waals surface area contributed by atoms with Crippen molar-refractivity contribution in [2.75, 3.05) is 0 Å². The number of rotatable bonds is 1. The Morgan fingerprint density at radius 1 is 1.47 bits per heavy atom. The van der Waals surface area contributed by atoms with Crippen LogP contribution in [0.3, 0.4) is 0 Å². The molecule has 0 fully saturated rings. The number of carbonyl (C=O) groups excluding carboxylic acids is 1. The van der Waals surface area contributed by atoms with Crippen molar-refractivity contribution < 1.29 is 22.7 Å². The Morgan fingerprint density at radius 3 is 2.53 bits per heavy atom. The minimum atomic E-state index is -4.52. The molecule has 0 saturated carbocycles. The number of aromatic nitrogens is 1. The molecular weight excluding hydrogens is 211 g/mol. The summed E-state index contributed by atoms with van der Waals surface area (Å²) in [5.41, 5.74) is -1.07. The van der Waals surface area contributed by atoms with Crippen molar-refractivity contribution in [1.29, 1.82) is 0 Å². The van der Waals surface area contributed by atoms with Crippen LogP contribution in [0.1, 0.15) is 5.69 Å². The fourth-order valence-corrected chi connectivity index (χ4v) is 0.745. The third kappa shape index (κ3) is 2.98. The van der Waals surface area contributed by atoms with Gasteiger partial charge in [-0.3, -0.25) is 0 Å². The van der Waals surface area contributed by atoms with Crippen molar-refractivity contribution in [3.05, 3.63) is 24.0 Å². The first kappa shape index (κ1) is 11.0. The molecule has 0 bridgehead atoms. The SMILES string of the molecule is C#CC(=O)Oc1ccc(C(F)(F)F)nc1. The average Bonchev–Trinajstić information content (AvgIpc) is 2.17. The van der Waals surface area contributed by atoms with Crippen LogP contribution in [-0.4, -0.2) is 11.0 Å². The number of hydrogen-bond donors (Lipinski definition) is 0. The van der Waals surface area contributed by atoms with E-state index in [2.05, 4.69) is 9.72 Å². The van der Waals surface area contributed by atoms with Crippen LogP contribution in [0, 0.1) is 12.3 Å². The summed E-state index contributed by atoms with van der Waals surface area (Å²) in [7, 11) is 0. The second-order valence-corrected chi connectivity index (χ2v) is 2.41. The van der Waals surface area contributed by atoms with E-state index >= 15 is 0 Å². The van der Waals surface area contributed by atoms with Gasteiger partial charge in [-0.1, -0.05) is 0 Å². The van der Waals surface area contributed by atoms with Gasteiger partial charge in [-0.15, -0.1) is 6.42 Å². The van der Waals surface area contributed by atoms with Gasteiger partial charge in [-0.2, -0.15) is 13.2 Å². The highest BCUT2D eigenvalue weighted by molar-refractivity contribution is 5.89. The van der Waals surface area contributed by atoms with E-state index in [4.69, 9.17) is 6.42 Å². The first-order valence-corrected chi connectivity index (χ1v) is 3.65. The van der Waals surface area contributed by atoms with Gasteiger partial charge in [-0.05, 0) is 12.1 Å². The molecule has 1 rings (SSSR count). The van der Waals surface area contributed by atoms with Gasteiger partial charge >= 0.3 is 12.1 Å². The fraction of sp³-hybridized carbons (Fsp3) is 0.111. The van der Waals surface area contributed by atoms with Crippen LogP contribution < -0.4 is 4.74 Å². The summed E-state index contributed by atoms with van der Waals surface area (Å²) in [6, 6.07) is 1.66. The molecule has 0 N–H and O–H groups in total. The predicted molar refractivity (Wildman–Crippen MR) is 43.7 cm³/mol. The standard InChI is InChI=1S/C9H4F3NO2/c1-2-8(14)15-6-3-4-7(13-5-6)9(10,11)12/h1,3-5H. The zero-order valence-electron chi connectivity index (χ0n) is 7.21. The lowest BCUT2D eigenvalue weighted by Crippen LogP contribution is -2.09. The molecule has 0 aliphatic rings. The first-order valence-electron chi connectivity index (χ1n) is 3.65. The molecule has 0 unspecified atom stereocenters. The van der Waals surface area contributed by atoms with Gasteiger partial charge in [0.2, 0.25) is 0 Å². The zero-order valence-corrected chi connectivity index (χ0v) is 7.21. The highest BCUT2D eigenvalue weighted by atomic mass is 19.4. The van der Waals surface area contributed by atoms with Crippen LogP contribution in [0.2, 0.25) is 0 Å². The van der Waals surface area contributed by atoms with Gasteiger partial charge in [0, 0.05) is 5.92 Å². The lowest BCUT2D eigenvalue weighted by atomic mass is 10.3. The van der Waals surface area contributed by atoms with E-state index in [1.54, 1.807) is 5.92 Å². The van der Waals surface area contributed by atoms with E-state index in [-0.39, 0.29) is 5.75 Å². The molecule has 6 heteroatoms. The number of pyridine rings is 1. The van der Waals surface area contributed by atoms with E-state index in [1.807, 2.05) is 0 Å². The number of nitrogens with zero attached hydrogens (tertiary/aromatic N) is 1. The Hall–Kier alpha value is -2.03. The van der Waals surface area contributed by atoms with Gasteiger partial charge in [0.1, 0.15) is 11.4 Å². The summed E-state index contributed by atoms with van der Waals surface area (Å²) in [5, 5.41) is 0. The van der Waals surface area contributed by atoms with Gasteiger partial charge < -0.3 is 4.74 Å². The maximum absolute atomic E-state index is 12.0. The molecule has 0 amide bonds. The molecule has 0 aliphatic carbocycles. The number of carbonyl (C=O) groups is 1. The maximum Gasteiger partial charge on any atom is 0.433 e. The number of hydrogen-bond acceptors (Lipinski definition) is 3. The van der Waals surface area contributed by atoms with E-state index in [0.29, 0.717) is 6.07 Å². The second kappa shape index (κ2) is 4.00. The summed E-state index contributed by atoms with van der Waals surface area (Å²) >= 11 is 0. The maximum atomic E-state index is 12.0. The van der Waals surface area contributed by atoms with E-state index in [9.17, 15) is 18.0 Å². The van der Waals surface area contributed by atoms with Gasteiger partial charge in [0.05, 0.1) is 6.20 Å². The minimum absolute atomic E-state index is 0.133. The molecule has 1 aromatic heterocycles. The number of alkyl halides is 3. The van der Waals surface area contributed by atoms with Crippen molar-refractivity contribution in [2.45, 2.75) is 6.18 Å².